The molecular weight excluding hydrogens is 358 g/mol. The molecule has 0 aliphatic rings. The van der Waals surface area contributed by atoms with Crippen molar-refractivity contribution >= 4 is 23.3 Å². The number of anilines is 1. The molecule has 7 nitrogen and oxygen atoms in total. The molecule has 0 fully saturated rings. The van der Waals surface area contributed by atoms with Gasteiger partial charge in [0.25, 0.3) is 0 Å². The first-order chi connectivity index (χ1) is 13.5. The van der Waals surface area contributed by atoms with Crippen molar-refractivity contribution in [3.8, 4) is 0 Å². The number of aryl methyl sites for hydroxylation is 1. The second-order valence-corrected chi connectivity index (χ2v) is 6.32. The van der Waals surface area contributed by atoms with Crippen molar-refractivity contribution < 1.29 is 19.5 Å². The Morgan fingerprint density at radius 1 is 1.07 bits per heavy atom. The van der Waals surface area contributed by atoms with Crippen LogP contribution < -0.4 is 5.32 Å². The number of hydrogen-bond acceptors (Lipinski definition) is 4. The standard InChI is InChI=1S/C21H19N3O4/c1-24-12-11-22-20(24)19(26)15-7-9-16(10-8-15)23-18(25)13-17(21(27)28)14-5-3-2-4-6-14/h2-12,17H,13H2,1H3,(H,23,25)(H,27,28). The largest absolute Gasteiger partial charge is 0.481 e. The van der Waals surface area contributed by atoms with E-state index >= 15 is 0 Å². The number of carbonyl (C=O) groups is 3. The van der Waals surface area contributed by atoms with Crippen molar-refractivity contribution in [2.45, 2.75) is 12.3 Å². The molecule has 1 unspecified atom stereocenters. The molecular formula is C21H19N3O4. The zero-order valence-electron chi connectivity index (χ0n) is 15.2. The molecule has 0 bridgehead atoms. The Bertz CT molecular complexity index is 994. The highest BCUT2D eigenvalue weighted by molar-refractivity contribution is 6.07. The van der Waals surface area contributed by atoms with Crippen LogP contribution in [0.25, 0.3) is 0 Å². The lowest BCUT2D eigenvalue weighted by Gasteiger charge is -2.13. The maximum Gasteiger partial charge on any atom is 0.311 e. The number of benzene rings is 2. The Hall–Kier alpha value is -3.74. The van der Waals surface area contributed by atoms with E-state index in [1.807, 2.05) is 0 Å². The summed E-state index contributed by atoms with van der Waals surface area (Å²) in [6, 6.07) is 15.0. The minimum Gasteiger partial charge on any atom is -0.481 e. The quantitative estimate of drug-likeness (QED) is 0.617. The van der Waals surface area contributed by atoms with E-state index in [1.54, 1.807) is 78.6 Å². The number of imidazole rings is 1. The third kappa shape index (κ3) is 4.32. The highest BCUT2D eigenvalue weighted by atomic mass is 16.4. The van der Waals surface area contributed by atoms with E-state index in [9.17, 15) is 19.5 Å². The van der Waals surface area contributed by atoms with Gasteiger partial charge in [-0.25, -0.2) is 4.98 Å². The van der Waals surface area contributed by atoms with Gasteiger partial charge in [-0.15, -0.1) is 0 Å². The molecule has 1 aromatic heterocycles. The van der Waals surface area contributed by atoms with Crippen molar-refractivity contribution in [3.05, 3.63) is 83.9 Å². The van der Waals surface area contributed by atoms with E-state index in [0.717, 1.165) is 0 Å². The van der Waals surface area contributed by atoms with Crippen LogP contribution in [0.5, 0.6) is 0 Å². The molecule has 0 saturated carbocycles. The molecule has 1 atom stereocenters. The number of carboxylic acids is 1. The summed E-state index contributed by atoms with van der Waals surface area (Å²) in [6.07, 6.45) is 3.05. The number of carboxylic acid groups (broad SMARTS) is 1. The molecule has 2 aromatic carbocycles. The van der Waals surface area contributed by atoms with E-state index in [4.69, 9.17) is 0 Å². The van der Waals surface area contributed by atoms with Gasteiger partial charge in [-0.2, -0.15) is 0 Å². The Balaban J connectivity index is 1.66. The lowest BCUT2D eigenvalue weighted by Crippen LogP contribution is -2.21. The van der Waals surface area contributed by atoms with Crippen LogP contribution in [-0.4, -0.2) is 32.3 Å². The van der Waals surface area contributed by atoms with Crippen LogP contribution in [0.1, 0.15) is 34.1 Å². The van der Waals surface area contributed by atoms with Crippen LogP contribution in [-0.2, 0) is 16.6 Å². The molecule has 3 rings (SSSR count). The monoisotopic (exact) mass is 377 g/mol. The van der Waals surface area contributed by atoms with Crippen LogP contribution in [0.3, 0.4) is 0 Å². The molecule has 1 amide bonds. The number of amides is 1. The highest BCUT2D eigenvalue weighted by Gasteiger charge is 2.23. The molecule has 0 spiro atoms. The Morgan fingerprint density at radius 3 is 2.32 bits per heavy atom. The van der Waals surface area contributed by atoms with E-state index in [2.05, 4.69) is 10.3 Å². The van der Waals surface area contributed by atoms with Crippen LogP contribution >= 0.6 is 0 Å². The normalized spacial score (nSPS) is 11.6. The van der Waals surface area contributed by atoms with Gasteiger partial charge in [-0.05, 0) is 29.8 Å². The summed E-state index contributed by atoms with van der Waals surface area (Å²) in [5.41, 5.74) is 1.50. The van der Waals surface area contributed by atoms with Gasteiger partial charge in [0.15, 0.2) is 5.82 Å². The minimum atomic E-state index is -1.06. The third-order valence-electron chi connectivity index (χ3n) is 4.34. The number of carbonyl (C=O) groups excluding carboxylic acids is 2. The predicted molar refractivity (Wildman–Crippen MR) is 103 cm³/mol. The Morgan fingerprint density at radius 2 is 1.75 bits per heavy atom. The zero-order chi connectivity index (χ0) is 20.1. The van der Waals surface area contributed by atoms with E-state index in [1.165, 1.54) is 0 Å². The number of nitrogens with zero attached hydrogens (tertiary/aromatic N) is 2. The first-order valence-corrected chi connectivity index (χ1v) is 8.65. The number of ketones is 1. The number of rotatable bonds is 7. The Kier molecular flexibility index (Phi) is 5.64. The molecule has 0 radical (unpaired) electrons. The van der Waals surface area contributed by atoms with Crippen LogP contribution in [0, 0.1) is 0 Å². The Labute approximate surface area is 161 Å². The highest BCUT2D eigenvalue weighted by Crippen LogP contribution is 2.21. The molecule has 0 aliphatic heterocycles. The predicted octanol–water partition coefficient (Wildman–Crippen LogP) is 2.85. The third-order valence-corrected chi connectivity index (χ3v) is 4.34. The summed E-state index contributed by atoms with van der Waals surface area (Å²) >= 11 is 0. The lowest BCUT2D eigenvalue weighted by molar-refractivity contribution is -0.140. The van der Waals surface area contributed by atoms with Gasteiger partial charge in [0, 0.05) is 37.1 Å². The lowest BCUT2D eigenvalue weighted by atomic mass is 9.95. The van der Waals surface area contributed by atoms with Crippen molar-refractivity contribution in [3.63, 3.8) is 0 Å². The minimum absolute atomic E-state index is 0.187. The average molecular weight is 377 g/mol. The number of aliphatic carboxylic acids is 1. The van der Waals surface area contributed by atoms with Gasteiger partial charge in [0.2, 0.25) is 11.7 Å². The van der Waals surface area contributed by atoms with Gasteiger partial charge >= 0.3 is 5.97 Å². The fourth-order valence-electron chi connectivity index (χ4n) is 2.85. The summed E-state index contributed by atoms with van der Waals surface area (Å²) in [4.78, 5) is 40.3. The summed E-state index contributed by atoms with van der Waals surface area (Å²) in [6.45, 7) is 0. The van der Waals surface area contributed by atoms with Gasteiger partial charge in [0.1, 0.15) is 0 Å². The summed E-state index contributed by atoms with van der Waals surface area (Å²) in [5, 5.41) is 12.1. The molecule has 142 valence electrons. The fraction of sp³-hybridized carbons (Fsp3) is 0.143. The van der Waals surface area contributed by atoms with Crippen LogP contribution in [0.15, 0.2) is 67.0 Å². The molecule has 28 heavy (non-hydrogen) atoms. The van der Waals surface area contributed by atoms with Gasteiger partial charge in [-0.1, -0.05) is 30.3 Å². The van der Waals surface area contributed by atoms with Gasteiger partial charge in [-0.3, -0.25) is 14.4 Å². The first-order valence-electron chi connectivity index (χ1n) is 8.65. The molecule has 1 heterocycles. The topological polar surface area (TPSA) is 101 Å². The van der Waals surface area contributed by atoms with Gasteiger partial charge in [0.05, 0.1) is 5.92 Å². The molecule has 0 aliphatic carbocycles. The summed E-state index contributed by atoms with van der Waals surface area (Å²) in [5.74, 6) is -2.30. The maximum atomic E-state index is 12.4. The van der Waals surface area contributed by atoms with Gasteiger partial charge < -0.3 is 15.0 Å². The van der Waals surface area contributed by atoms with E-state index in [-0.39, 0.29) is 12.2 Å². The van der Waals surface area contributed by atoms with Crippen LogP contribution in [0.2, 0.25) is 0 Å². The van der Waals surface area contributed by atoms with E-state index < -0.39 is 17.8 Å². The molecule has 0 saturated heterocycles. The smallest absolute Gasteiger partial charge is 0.311 e. The van der Waals surface area contributed by atoms with Crippen molar-refractivity contribution in [2.75, 3.05) is 5.32 Å². The molecule has 3 aromatic rings. The second kappa shape index (κ2) is 8.30. The summed E-state index contributed by atoms with van der Waals surface area (Å²) < 4.78 is 1.63. The number of hydrogen-bond donors (Lipinski definition) is 2. The van der Waals surface area contributed by atoms with Crippen molar-refractivity contribution in [1.82, 2.24) is 9.55 Å². The SMILES string of the molecule is Cn1ccnc1C(=O)c1ccc(NC(=O)CC(C(=O)O)c2ccccc2)cc1. The first kappa shape index (κ1) is 19.0. The maximum absolute atomic E-state index is 12.4. The van der Waals surface area contributed by atoms with Crippen molar-refractivity contribution in [1.29, 1.82) is 0 Å². The second-order valence-electron chi connectivity index (χ2n) is 6.32. The molecule has 7 heteroatoms. The van der Waals surface area contributed by atoms with E-state index in [0.29, 0.717) is 22.6 Å². The number of aromatic nitrogens is 2. The molecule has 2 N–H and O–H groups in total. The average Bonchev–Trinajstić information content (AvgIpc) is 3.12. The summed E-state index contributed by atoms with van der Waals surface area (Å²) in [7, 11) is 1.74. The fourth-order valence-corrected chi connectivity index (χ4v) is 2.85. The van der Waals surface area contributed by atoms with Crippen molar-refractivity contribution in [2.24, 2.45) is 7.05 Å². The van der Waals surface area contributed by atoms with Crippen LogP contribution in [0.4, 0.5) is 5.69 Å². The number of nitrogens with one attached hydrogen (secondary N) is 1. The zero-order valence-corrected chi connectivity index (χ0v) is 15.2.